The van der Waals surface area contributed by atoms with E-state index in [1.165, 1.54) is 0 Å². The molecule has 1 unspecified atom stereocenters. The normalized spacial score (nSPS) is 14.3. The summed E-state index contributed by atoms with van der Waals surface area (Å²) in [6.07, 6.45) is 0. The van der Waals surface area contributed by atoms with Crippen LogP contribution in [0.3, 0.4) is 0 Å². The predicted molar refractivity (Wildman–Crippen MR) is 43.7 cm³/mol. The molecule has 0 rings (SSSR count). The van der Waals surface area contributed by atoms with E-state index in [2.05, 4.69) is 20.8 Å². The molecule has 0 aliphatic carbocycles. The van der Waals surface area contributed by atoms with Gasteiger partial charge in [-0.25, -0.2) is 0 Å². The molecular weight excluding hydrogens is 136 g/mol. The van der Waals surface area contributed by atoms with Gasteiger partial charge in [0, 0.05) is 12.6 Å². The molecule has 0 aromatic carbocycles. The van der Waals surface area contributed by atoms with Crippen molar-refractivity contribution < 1.29 is 0 Å². The topological polar surface area (TPSA) is 52.0 Å². The molecule has 4 N–H and O–H groups in total. The molecule has 0 aliphatic heterocycles. The highest BCUT2D eigenvalue weighted by Gasteiger charge is 2.17. The summed E-state index contributed by atoms with van der Waals surface area (Å²) >= 11 is 0. The number of rotatable bonds is 1. The van der Waals surface area contributed by atoms with Crippen LogP contribution in [-0.4, -0.2) is 12.6 Å². The van der Waals surface area contributed by atoms with Gasteiger partial charge in [-0.1, -0.05) is 20.8 Å². The molecule has 0 aliphatic rings. The maximum absolute atomic E-state index is 5.62. The Morgan fingerprint density at radius 3 is 1.67 bits per heavy atom. The monoisotopic (exact) mass is 152 g/mol. The first-order valence-corrected chi connectivity index (χ1v) is 2.94. The third-order valence-electron chi connectivity index (χ3n) is 1.37. The molecule has 58 valence electrons. The molecule has 0 heterocycles. The first-order valence-electron chi connectivity index (χ1n) is 2.94. The van der Waals surface area contributed by atoms with Gasteiger partial charge in [-0.3, -0.25) is 0 Å². The lowest BCUT2D eigenvalue weighted by Crippen LogP contribution is -2.41. The molecule has 0 amide bonds. The summed E-state index contributed by atoms with van der Waals surface area (Å²) in [7, 11) is 0. The summed E-state index contributed by atoms with van der Waals surface area (Å²) < 4.78 is 0. The van der Waals surface area contributed by atoms with Gasteiger partial charge in [0.25, 0.3) is 0 Å². The van der Waals surface area contributed by atoms with E-state index >= 15 is 0 Å². The fraction of sp³-hybridized carbons (Fsp3) is 1.00. The molecule has 3 heteroatoms. The van der Waals surface area contributed by atoms with Crippen LogP contribution >= 0.6 is 12.4 Å². The van der Waals surface area contributed by atoms with Crippen LogP contribution in [0.4, 0.5) is 0 Å². The standard InChI is InChI=1S/C6H16N2.ClH/c1-6(2,3)5(8)4-7;/h5H,4,7-8H2,1-3H3;1H. The quantitative estimate of drug-likeness (QED) is 0.583. The zero-order valence-electron chi connectivity index (χ0n) is 6.35. The minimum atomic E-state index is 0. The zero-order chi connectivity index (χ0) is 6.78. The van der Waals surface area contributed by atoms with Crippen molar-refractivity contribution in [3.63, 3.8) is 0 Å². The van der Waals surface area contributed by atoms with E-state index in [1.807, 2.05) is 0 Å². The van der Waals surface area contributed by atoms with E-state index in [-0.39, 0.29) is 23.9 Å². The second-order valence-electron chi connectivity index (χ2n) is 3.21. The van der Waals surface area contributed by atoms with Crippen LogP contribution in [0.15, 0.2) is 0 Å². The van der Waals surface area contributed by atoms with Crippen LogP contribution in [0.1, 0.15) is 20.8 Å². The van der Waals surface area contributed by atoms with Gasteiger partial charge in [0.05, 0.1) is 0 Å². The average Bonchev–Trinajstić information content (AvgIpc) is 1.62. The molecule has 9 heavy (non-hydrogen) atoms. The maximum atomic E-state index is 5.62. The van der Waals surface area contributed by atoms with Gasteiger partial charge in [0.15, 0.2) is 0 Å². The number of halogens is 1. The predicted octanol–water partition coefficient (Wildman–Crippen LogP) is 0.740. The molecule has 0 radical (unpaired) electrons. The van der Waals surface area contributed by atoms with E-state index in [0.717, 1.165) is 0 Å². The Morgan fingerprint density at radius 1 is 1.33 bits per heavy atom. The van der Waals surface area contributed by atoms with Crippen LogP contribution in [0.2, 0.25) is 0 Å². The van der Waals surface area contributed by atoms with Crippen molar-refractivity contribution in [3.05, 3.63) is 0 Å². The van der Waals surface area contributed by atoms with Gasteiger partial charge in [0.1, 0.15) is 0 Å². The molecule has 0 saturated heterocycles. The van der Waals surface area contributed by atoms with Crippen molar-refractivity contribution in [2.24, 2.45) is 16.9 Å². The maximum Gasteiger partial charge on any atom is 0.0212 e. The second kappa shape index (κ2) is 4.09. The van der Waals surface area contributed by atoms with Gasteiger partial charge in [0.2, 0.25) is 0 Å². The summed E-state index contributed by atoms with van der Waals surface area (Å²) in [6, 6.07) is 0.127. The Kier molecular flexibility index (Phi) is 5.43. The number of hydrogen-bond donors (Lipinski definition) is 2. The van der Waals surface area contributed by atoms with E-state index < -0.39 is 0 Å². The van der Waals surface area contributed by atoms with Crippen LogP contribution in [-0.2, 0) is 0 Å². The molecule has 2 nitrogen and oxygen atoms in total. The molecule has 0 bridgehead atoms. The van der Waals surface area contributed by atoms with Crippen molar-refractivity contribution in [2.45, 2.75) is 26.8 Å². The van der Waals surface area contributed by atoms with Crippen molar-refractivity contribution in [1.82, 2.24) is 0 Å². The molecule has 0 aromatic heterocycles. The lowest BCUT2D eigenvalue weighted by Gasteiger charge is -2.25. The lowest BCUT2D eigenvalue weighted by molar-refractivity contribution is 0.326. The highest BCUT2D eigenvalue weighted by molar-refractivity contribution is 5.85. The Labute approximate surface area is 63.4 Å². The third kappa shape index (κ3) is 4.70. The van der Waals surface area contributed by atoms with Gasteiger partial charge >= 0.3 is 0 Å². The minimum Gasteiger partial charge on any atom is -0.329 e. The van der Waals surface area contributed by atoms with Crippen molar-refractivity contribution >= 4 is 12.4 Å². The molecular formula is C6H17ClN2. The van der Waals surface area contributed by atoms with Crippen LogP contribution in [0.25, 0.3) is 0 Å². The van der Waals surface area contributed by atoms with Crippen molar-refractivity contribution in [3.8, 4) is 0 Å². The van der Waals surface area contributed by atoms with E-state index in [0.29, 0.717) is 6.54 Å². The molecule has 0 saturated carbocycles. The van der Waals surface area contributed by atoms with Crippen molar-refractivity contribution in [1.29, 1.82) is 0 Å². The lowest BCUT2D eigenvalue weighted by atomic mass is 9.88. The fourth-order valence-electron chi connectivity index (χ4n) is 0.354. The Bertz CT molecular complexity index is 67.9. The molecule has 0 aromatic rings. The Morgan fingerprint density at radius 2 is 1.67 bits per heavy atom. The van der Waals surface area contributed by atoms with Gasteiger partial charge in [-0.2, -0.15) is 0 Å². The molecule has 0 fully saturated rings. The molecule has 1 atom stereocenters. The number of hydrogen-bond acceptors (Lipinski definition) is 2. The Hall–Kier alpha value is 0.210. The van der Waals surface area contributed by atoms with Gasteiger partial charge in [-0.15, -0.1) is 12.4 Å². The molecule has 0 spiro atoms. The summed E-state index contributed by atoms with van der Waals surface area (Å²) in [5, 5.41) is 0. The van der Waals surface area contributed by atoms with Crippen LogP contribution < -0.4 is 11.5 Å². The van der Waals surface area contributed by atoms with Gasteiger partial charge in [-0.05, 0) is 5.41 Å². The highest BCUT2D eigenvalue weighted by Crippen LogP contribution is 2.15. The van der Waals surface area contributed by atoms with Gasteiger partial charge < -0.3 is 11.5 Å². The average molecular weight is 153 g/mol. The smallest absolute Gasteiger partial charge is 0.0212 e. The van der Waals surface area contributed by atoms with E-state index in [9.17, 15) is 0 Å². The third-order valence-corrected chi connectivity index (χ3v) is 1.37. The SMILES string of the molecule is CC(C)(C)C(N)CN.Cl. The van der Waals surface area contributed by atoms with Crippen LogP contribution in [0.5, 0.6) is 0 Å². The van der Waals surface area contributed by atoms with Crippen LogP contribution in [0, 0.1) is 5.41 Å². The summed E-state index contributed by atoms with van der Waals surface area (Å²) in [5.41, 5.74) is 11.1. The zero-order valence-corrected chi connectivity index (χ0v) is 7.16. The summed E-state index contributed by atoms with van der Waals surface area (Å²) in [4.78, 5) is 0. The highest BCUT2D eigenvalue weighted by atomic mass is 35.5. The summed E-state index contributed by atoms with van der Waals surface area (Å²) in [5.74, 6) is 0. The first kappa shape index (κ1) is 11.9. The first-order chi connectivity index (χ1) is 3.48. The Balaban J connectivity index is 0. The van der Waals surface area contributed by atoms with E-state index in [4.69, 9.17) is 11.5 Å². The summed E-state index contributed by atoms with van der Waals surface area (Å²) in [6.45, 7) is 6.84. The fourth-order valence-corrected chi connectivity index (χ4v) is 0.354. The second-order valence-corrected chi connectivity index (χ2v) is 3.21. The van der Waals surface area contributed by atoms with E-state index in [1.54, 1.807) is 0 Å². The van der Waals surface area contributed by atoms with Crippen molar-refractivity contribution in [2.75, 3.05) is 6.54 Å². The number of nitrogens with two attached hydrogens (primary N) is 2. The minimum absolute atomic E-state index is 0. The largest absolute Gasteiger partial charge is 0.329 e.